The van der Waals surface area contributed by atoms with Crippen molar-refractivity contribution in [1.82, 2.24) is 5.32 Å². The van der Waals surface area contributed by atoms with Crippen molar-refractivity contribution >= 4 is 34.8 Å². The largest absolute Gasteiger partial charge is 0.454 e. The van der Waals surface area contributed by atoms with Crippen molar-refractivity contribution in [3.8, 4) is 0 Å². The number of anilines is 1. The summed E-state index contributed by atoms with van der Waals surface area (Å²) in [5.74, 6) is -1.32. The van der Waals surface area contributed by atoms with E-state index in [9.17, 15) is 14.4 Å². The molecule has 28 heavy (non-hydrogen) atoms. The Morgan fingerprint density at radius 2 is 1.75 bits per heavy atom. The molecule has 0 radical (unpaired) electrons. The van der Waals surface area contributed by atoms with E-state index in [2.05, 4.69) is 10.6 Å². The van der Waals surface area contributed by atoms with Gasteiger partial charge in [0.2, 0.25) is 0 Å². The fourth-order valence-corrected chi connectivity index (χ4v) is 3.27. The van der Waals surface area contributed by atoms with Crippen molar-refractivity contribution in [2.45, 2.75) is 39.7 Å². The first kappa shape index (κ1) is 21.6. The van der Waals surface area contributed by atoms with E-state index in [1.165, 1.54) is 11.3 Å². The minimum absolute atomic E-state index is 0.179. The predicted octanol–water partition coefficient (Wildman–Crippen LogP) is 3.81. The van der Waals surface area contributed by atoms with Gasteiger partial charge in [0.1, 0.15) is 6.04 Å². The van der Waals surface area contributed by atoms with Crippen LogP contribution in [0.15, 0.2) is 41.8 Å². The normalized spacial score (nSPS) is 11.9. The molecule has 150 valence electrons. The molecular weight excluding hydrogens is 376 g/mol. The third kappa shape index (κ3) is 5.92. The molecule has 1 atom stereocenters. The minimum Gasteiger partial charge on any atom is -0.454 e. The molecule has 1 aromatic heterocycles. The Hall–Kier alpha value is -2.67. The van der Waals surface area contributed by atoms with Crippen LogP contribution >= 0.6 is 11.3 Å². The highest BCUT2D eigenvalue weighted by molar-refractivity contribution is 7.12. The van der Waals surface area contributed by atoms with Gasteiger partial charge in [-0.15, -0.1) is 11.3 Å². The maximum atomic E-state index is 12.4. The highest BCUT2D eigenvalue weighted by atomic mass is 32.1. The molecule has 1 heterocycles. The van der Waals surface area contributed by atoms with E-state index in [0.717, 1.165) is 5.56 Å². The quantitative estimate of drug-likeness (QED) is 0.658. The van der Waals surface area contributed by atoms with Crippen molar-refractivity contribution in [2.24, 2.45) is 5.92 Å². The molecule has 6 nitrogen and oxygen atoms in total. The average Bonchev–Trinajstić information content (AvgIpc) is 3.19. The van der Waals surface area contributed by atoms with Crippen LogP contribution in [-0.2, 0) is 14.3 Å². The Bertz CT molecular complexity index is 816. The molecule has 0 saturated carbocycles. The summed E-state index contributed by atoms with van der Waals surface area (Å²) in [5.41, 5.74) is 1.70. The van der Waals surface area contributed by atoms with Gasteiger partial charge in [0.25, 0.3) is 11.8 Å². The smallest absolute Gasteiger partial charge is 0.329 e. The molecule has 2 N–H and O–H groups in total. The van der Waals surface area contributed by atoms with Crippen LogP contribution in [0.4, 0.5) is 5.69 Å². The van der Waals surface area contributed by atoms with Gasteiger partial charge >= 0.3 is 5.97 Å². The van der Waals surface area contributed by atoms with Crippen LogP contribution in [0, 0.1) is 5.92 Å². The molecule has 0 aliphatic heterocycles. The van der Waals surface area contributed by atoms with Crippen molar-refractivity contribution in [1.29, 1.82) is 0 Å². The predicted molar refractivity (Wildman–Crippen MR) is 111 cm³/mol. The van der Waals surface area contributed by atoms with E-state index in [4.69, 9.17) is 4.74 Å². The Morgan fingerprint density at radius 1 is 1.04 bits per heavy atom. The molecule has 0 bridgehead atoms. The van der Waals surface area contributed by atoms with Crippen molar-refractivity contribution in [2.75, 3.05) is 11.9 Å². The van der Waals surface area contributed by atoms with E-state index in [0.29, 0.717) is 10.6 Å². The third-order valence-electron chi connectivity index (χ3n) is 4.15. The second-order valence-electron chi connectivity index (χ2n) is 7.07. The highest BCUT2D eigenvalue weighted by Gasteiger charge is 2.27. The van der Waals surface area contributed by atoms with Crippen molar-refractivity contribution < 1.29 is 19.1 Å². The first-order chi connectivity index (χ1) is 13.3. The zero-order valence-electron chi connectivity index (χ0n) is 16.5. The third-order valence-corrected chi connectivity index (χ3v) is 5.02. The molecule has 2 aromatic rings. The van der Waals surface area contributed by atoms with E-state index < -0.39 is 24.5 Å². The number of nitrogens with one attached hydrogen (secondary N) is 2. The molecule has 2 rings (SSSR count). The van der Waals surface area contributed by atoms with Gasteiger partial charge in [0.15, 0.2) is 6.61 Å². The molecule has 0 unspecified atom stereocenters. The summed E-state index contributed by atoms with van der Waals surface area (Å²) in [5, 5.41) is 7.25. The van der Waals surface area contributed by atoms with Gasteiger partial charge in [-0.2, -0.15) is 0 Å². The lowest BCUT2D eigenvalue weighted by atomic mass is 10.0. The summed E-state index contributed by atoms with van der Waals surface area (Å²) < 4.78 is 5.16. The monoisotopic (exact) mass is 402 g/mol. The van der Waals surface area contributed by atoms with Crippen LogP contribution < -0.4 is 10.6 Å². The first-order valence-electron chi connectivity index (χ1n) is 9.19. The Morgan fingerprint density at radius 3 is 2.36 bits per heavy atom. The number of carbonyl (C=O) groups excluding carboxylic acids is 3. The zero-order chi connectivity index (χ0) is 20.7. The first-order valence-corrected chi connectivity index (χ1v) is 10.1. The molecule has 0 aliphatic carbocycles. The van der Waals surface area contributed by atoms with Crippen molar-refractivity contribution in [3.63, 3.8) is 0 Å². The van der Waals surface area contributed by atoms with Gasteiger partial charge in [0.05, 0.1) is 4.88 Å². The second kappa shape index (κ2) is 10.0. The summed E-state index contributed by atoms with van der Waals surface area (Å²) in [6.07, 6.45) is 0. The van der Waals surface area contributed by atoms with E-state index in [1.54, 1.807) is 31.4 Å². The summed E-state index contributed by atoms with van der Waals surface area (Å²) in [4.78, 5) is 37.4. The molecule has 2 amide bonds. The van der Waals surface area contributed by atoms with Gasteiger partial charge in [-0.05, 0) is 34.9 Å². The Labute approximate surface area is 169 Å². The van der Waals surface area contributed by atoms with E-state index in [1.807, 2.05) is 38.1 Å². The lowest BCUT2D eigenvalue weighted by Gasteiger charge is -2.20. The number of rotatable bonds is 8. The van der Waals surface area contributed by atoms with Crippen LogP contribution in [0.1, 0.15) is 48.8 Å². The Kier molecular flexibility index (Phi) is 7.75. The summed E-state index contributed by atoms with van der Waals surface area (Å²) in [6, 6.07) is 10.1. The molecular formula is C21H26N2O4S. The summed E-state index contributed by atoms with van der Waals surface area (Å²) >= 11 is 1.29. The van der Waals surface area contributed by atoms with Crippen LogP contribution in [0.5, 0.6) is 0 Å². The summed E-state index contributed by atoms with van der Waals surface area (Å²) in [7, 11) is 0. The van der Waals surface area contributed by atoms with Gasteiger partial charge < -0.3 is 15.4 Å². The van der Waals surface area contributed by atoms with Gasteiger partial charge in [-0.3, -0.25) is 9.59 Å². The van der Waals surface area contributed by atoms with Crippen LogP contribution in [0.25, 0.3) is 0 Å². The summed E-state index contributed by atoms with van der Waals surface area (Å²) in [6.45, 7) is 7.27. The van der Waals surface area contributed by atoms with Gasteiger partial charge in [0, 0.05) is 5.69 Å². The number of benzene rings is 1. The van der Waals surface area contributed by atoms with Gasteiger partial charge in [-0.25, -0.2) is 4.79 Å². The number of esters is 1. The van der Waals surface area contributed by atoms with Gasteiger partial charge in [-0.1, -0.05) is 52.0 Å². The average molecular weight is 403 g/mol. The van der Waals surface area contributed by atoms with Crippen LogP contribution in [0.2, 0.25) is 0 Å². The van der Waals surface area contributed by atoms with Crippen LogP contribution in [-0.4, -0.2) is 30.4 Å². The fraction of sp³-hybridized carbons (Fsp3) is 0.381. The maximum absolute atomic E-state index is 12.4. The maximum Gasteiger partial charge on any atom is 0.329 e. The molecule has 7 heteroatoms. The topological polar surface area (TPSA) is 84.5 Å². The van der Waals surface area contributed by atoms with E-state index in [-0.39, 0.29) is 17.7 Å². The highest BCUT2D eigenvalue weighted by Crippen LogP contribution is 2.23. The molecule has 1 aromatic carbocycles. The SMILES string of the molecule is CC(C)c1ccccc1NC(=O)COC(=O)[C@H](NC(=O)c1cccs1)C(C)C. The second-order valence-corrected chi connectivity index (χ2v) is 8.02. The van der Waals surface area contributed by atoms with Crippen molar-refractivity contribution in [3.05, 3.63) is 52.2 Å². The zero-order valence-corrected chi connectivity index (χ0v) is 17.3. The number of carbonyl (C=O) groups is 3. The number of amides is 2. The van der Waals surface area contributed by atoms with Crippen LogP contribution in [0.3, 0.4) is 0 Å². The van der Waals surface area contributed by atoms with E-state index >= 15 is 0 Å². The number of hydrogen-bond donors (Lipinski definition) is 2. The Balaban J connectivity index is 1.93. The minimum atomic E-state index is -0.828. The number of para-hydroxylation sites is 1. The number of ether oxygens (including phenoxy) is 1. The molecule has 0 fully saturated rings. The lowest BCUT2D eigenvalue weighted by molar-refractivity contribution is -0.150. The fourth-order valence-electron chi connectivity index (χ4n) is 2.64. The molecule has 0 spiro atoms. The molecule has 0 saturated heterocycles. The number of thiophene rings is 1. The standard InChI is InChI=1S/C21H26N2O4S/c1-13(2)15-8-5-6-9-16(15)22-18(24)12-27-21(26)19(14(3)4)23-20(25)17-10-7-11-28-17/h5-11,13-14,19H,12H2,1-4H3,(H,22,24)(H,23,25)/t19-/m1/s1. The molecule has 0 aliphatic rings. The lowest BCUT2D eigenvalue weighted by Crippen LogP contribution is -2.45. The number of hydrogen-bond acceptors (Lipinski definition) is 5.